The predicted octanol–water partition coefficient (Wildman–Crippen LogP) is 1.70. The lowest BCUT2D eigenvalue weighted by Gasteiger charge is -2.35. The van der Waals surface area contributed by atoms with E-state index < -0.39 is 0 Å². The standard InChI is InChI=1S/C14H12N4/c15-9-12-7-4-8-18-10-13(16-17-14(12)18)11-5-2-1-3-6-11/h1-8,10,14,16-17H. The van der Waals surface area contributed by atoms with Crippen LogP contribution < -0.4 is 10.9 Å². The molecule has 0 aromatic heterocycles. The maximum Gasteiger partial charge on any atom is 0.136 e. The Kier molecular flexibility index (Phi) is 2.60. The maximum absolute atomic E-state index is 9.05. The Balaban J connectivity index is 1.92. The lowest BCUT2D eigenvalue weighted by atomic mass is 10.1. The van der Waals surface area contributed by atoms with Crippen LogP contribution >= 0.6 is 0 Å². The molecule has 1 aromatic carbocycles. The summed E-state index contributed by atoms with van der Waals surface area (Å²) in [5, 5.41) is 9.05. The molecule has 2 N–H and O–H groups in total. The number of hydrogen-bond acceptors (Lipinski definition) is 4. The summed E-state index contributed by atoms with van der Waals surface area (Å²) >= 11 is 0. The third-order valence-corrected chi connectivity index (χ3v) is 2.96. The van der Waals surface area contributed by atoms with E-state index in [1.165, 1.54) is 0 Å². The van der Waals surface area contributed by atoms with Gasteiger partial charge in [-0.15, -0.1) is 0 Å². The van der Waals surface area contributed by atoms with Gasteiger partial charge in [0.2, 0.25) is 0 Å². The summed E-state index contributed by atoms with van der Waals surface area (Å²) in [6.45, 7) is 0. The van der Waals surface area contributed by atoms with E-state index in [9.17, 15) is 0 Å². The van der Waals surface area contributed by atoms with Gasteiger partial charge in [-0.25, -0.2) is 5.43 Å². The van der Waals surface area contributed by atoms with Gasteiger partial charge < -0.3 is 10.3 Å². The highest BCUT2D eigenvalue weighted by Gasteiger charge is 2.25. The summed E-state index contributed by atoms with van der Waals surface area (Å²) in [5.41, 5.74) is 9.05. The zero-order chi connectivity index (χ0) is 12.4. The first kappa shape index (κ1) is 10.6. The highest BCUT2D eigenvalue weighted by Crippen LogP contribution is 2.21. The number of allylic oxidation sites excluding steroid dienone is 2. The van der Waals surface area contributed by atoms with Crippen molar-refractivity contribution in [1.29, 1.82) is 5.26 Å². The van der Waals surface area contributed by atoms with E-state index in [-0.39, 0.29) is 6.17 Å². The molecular formula is C14H12N4. The van der Waals surface area contributed by atoms with Crippen molar-refractivity contribution in [3.8, 4) is 6.07 Å². The molecule has 0 fully saturated rings. The average molecular weight is 236 g/mol. The van der Waals surface area contributed by atoms with Crippen LogP contribution in [0.3, 0.4) is 0 Å². The average Bonchev–Trinajstić information content (AvgIpc) is 2.47. The molecule has 2 aliphatic rings. The molecule has 0 bridgehead atoms. The smallest absolute Gasteiger partial charge is 0.136 e. The second kappa shape index (κ2) is 4.40. The van der Waals surface area contributed by atoms with E-state index in [0.717, 1.165) is 11.3 Å². The number of rotatable bonds is 1. The largest absolute Gasteiger partial charge is 0.330 e. The third kappa shape index (κ3) is 1.77. The number of hydrogen-bond donors (Lipinski definition) is 2. The highest BCUT2D eigenvalue weighted by atomic mass is 15.5. The van der Waals surface area contributed by atoms with Gasteiger partial charge >= 0.3 is 0 Å². The molecule has 0 saturated carbocycles. The van der Waals surface area contributed by atoms with E-state index in [1.54, 1.807) is 0 Å². The maximum atomic E-state index is 9.05. The lowest BCUT2D eigenvalue weighted by Crippen LogP contribution is -2.52. The fourth-order valence-electron chi connectivity index (χ4n) is 2.04. The zero-order valence-corrected chi connectivity index (χ0v) is 9.67. The summed E-state index contributed by atoms with van der Waals surface area (Å²) < 4.78 is 0. The molecule has 88 valence electrons. The molecule has 1 atom stereocenters. The van der Waals surface area contributed by atoms with E-state index in [1.807, 2.05) is 59.8 Å². The van der Waals surface area contributed by atoms with Crippen molar-refractivity contribution in [2.45, 2.75) is 6.17 Å². The summed E-state index contributed by atoms with van der Waals surface area (Å²) in [4.78, 5) is 1.98. The van der Waals surface area contributed by atoms with Gasteiger partial charge in [-0.3, -0.25) is 0 Å². The number of benzene rings is 1. The van der Waals surface area contributed by atoms with Crippen LogP contribution in [-0.2, 0) is 0 Å². The van der Waals surface area contributed by atoms with Gasteiger partial charge in [0, 0.05) is 18.0 Å². The minimum absolute atomic E-state index is 0.132. The van der Waals surface area contributed by atoms with E-state index in [2.05, 4.69) is 16.9 Å². The number of nitriles is 1. The minimum Gasteiger partial charge on any atom is -0.330 e. The van der Waals surface area contributed by atoms with Crippen LogP contribution in [0.15, 0.2) is 60.5 Å². The second-order valence-corrected chi connectivity index (χ2v) is 4.10. The Labute approximate surface area is 105 Å². The summed E-state index contributed by atoms with van der Waals surface area (Å²) in [6, 6.07) is 12.2. The van der Waals surface area contributed by atoms with E-state index >= 15 is 0 Å². The first-order valence-corrected chi connectivity index (χ1v) is 5.73. The van der Waals surface area contributed by atoms with Crippen molar-refractivity contribution in [2.24, 2.45) is 0 Å². The van der Waals surface area contributed by atoms with Gasteiger partial charge in [0.25, 0.3) is 0 Å². The van der Waals surface area contributed by atoms with Crippen LogP contribution in [-0.4, -0.2) is 11.1 Å². The minimum atomic E-state index is -0.132. The summed E-state index contributed by atoms with van der Waals surface area (Å²) in [7, 11) is 0. The van der Waals surface area contributed by atoms with Gasteiger partial charge in [-0.1, -0.05) is 30.3 Å². The zero-order valence-electron chi connectivity index (χ0n) is 9.67. The van der Waals surface area contributed by atoms with Gasteiger partial charge in [-0.05, 0) is 12.2 Å². The van der Waals surface area contributed by atoms with Gasteiger partial charge in [0.05, 0.1) is 17.3 Å². The molecule has 4 nitrogen and oxygen atoms in total. The van der Waals surface area contributed by atoms with Crippen LogP contribution in [0.5, 0.6) is 0 Å². The van der Waals surface area contributed by atoms with Gasteiger partial charge in [-0.2, -0.15) is 5.26 Å². The molecule has 0 amide bonds. The van der Waals surface area contributed by atoms with E-state index in [0.29, 0.717) is 5.57 Å². The fraction of sp³-hybridized carbons (Fsp3) is 0.0714. The molecule has 1 aromatic rings. The second-order valence-electron chi connectivity index (χ2n) is 4.10. The number of hydrazine groups is 1. The van der Waals surface area contributed by atoms with Crippen molar-refractivity contribution in [3.05, 3.63) is 66.0 Å². The van der Waals surface area contributed by atoms with Crippen molar-refractivity contribution in [2.75, 3.05) is 0 Å². The SMILES string of the molecule is N#CC1=CC=CN2C=C(c3ccccc3)NNC12. The Morgan fingerprint density at radius 2 is 2.06 bits per heavy atom. The van der Waals surface area contributed by atoms with Crippen molar-refractivity contribution < 1.29 is 0 Å². The normalized spacial score (nSPS) is 21.3. The molecule has 0 aliphatic carbocycles. The number of nitrogens with one attached hydrogen (secondary N) is 2. The molecular weight excluding hydrogens is 224 g/mol. The van der Waals surface area contributed by atoms with Crippen LogP contribution in [0, 0.1) is 11.3 Å². The first-order valence-electron chi connectivity index (χ1n) is 5.73. The molecule has 18 heavy (non-hydrogen) atoms. The monoisotopic (exact) mass is 236 g/mol. The van der Waals surface area contributed by atoms with E-state index in [4.69, 9.17) is 5.26 Å². The Hall–Kier alpha value is -2.51. The third-order valence-electron chi connectivity index (χ3n) is 2.96. The summed E-state index contributed by atoms with van der Waals surface area (Å²) in [6.07, 6.45) is 7.50. The fourth-order valence-corrected chi connectivity index (χ4v) is 2.04. The van der Waals surface area contributed by atoms with Crippen LogP contribution in [0.25, 0.3) is 5.70 Å². The quantitative estimate of drug-likeness (QED) is 0.779. The van der Waals surface area contributed by atoms with Crippen LogP contribution in [0.1, 0.15) is 5.56 Å². The summed E-state index contributed by atoms with van der Waals surface area (Å²) in [5.74, 6) is 0. The molecule has 3 rings (SSSR count). The van der Waals surface area contributed by atoms with Crippen LogP contribution in [0.2, 0.25) is 0 Å². The Morgan fingerprint density at radius 1 is 1.22 bits per heavy atom. The predicted molar refractivity (Wildman–Crippen MR) is 69.2 cm³/mol. The van der Waals surface area contributed by atoms with Crippen molar-refractivity contribution in [1.82, 2.24) is 15.8 Å². The number of fused-ring (bicyclic) bond motifs is 1. The molecule has 1 unspecified atom stereocenters. The first-order chi connectivity index (χ1) is 8.88. The number of nitrogens with zero attached hydrogens (tertiary/aromatic N) is 2. The topological polar surface area (TPSA) is 51.1 Å². The van der Waals surface area contributed by atoms with Gasteiger partial charge in [0.1, 0.15) is 6.17 Å². The lowest BCUT2D eigenvalue weighted by molar-refractivity contribution is 0.310. The molecule has 0 saturated heterocycles. The molecule has 2 aliphatic heterocycles. The van der Waals surface area contributed by atoms with Gasteiger partial charge in [0.15, 0.2) is 0 Å². The Bertz CT molecular complexity index is 578. The molecule has 4 heteroatoms. The Morgan fingerprint density at radius 3 is 2.83 bits per heavy atom. The molecule has 2 heterocycles. The van der Waals surface area contributed by atoms with Crippen molar-refractivity contribution in [3.63, 3.8) is 0 Å². The molecule has 0 spiro atoms. The van der Waals surface area contributed by atoms with Crippen molar-refractivity contribution >= 4 is 5.70 Å². The van der Waals surface area contributed by atoms with Crippen LogP contribution in [0.4, 0.5) is 0 Å². The highest BCUT2D eigenvalue weighted by molar-refractivity contribution is 5.64. The molecule has 0 radical (unpaired) electrons.